The molecule has 1 aromatic carbocycles. The molecule has 19 heavy (non-hydrogen) atoms. The smallest absolute Gasteiger partial charge is 0.261 e. The minimum absolute atomic E-state index is 0.141. The van der Waals surface area contributed by atoms with Crippen LogP contribution in [0.5, 0.6) is 5.75 Å². The molecule has 0 saturated heterocycles. The van der Waals surface area contributed by atoms with Crippen LogP contribution in [0.25, 0.3) is 0 Å². The number of hydrogen-bond donors (Lipinski definition) is 2. The molecule has 0 aliphatic rings. The molecule has 4 heteroatoms. The van der Waals surface area contributed by atoms with E-state index in [0.29, 0.717) is 6.54 Å². The van der Waals surface area contributed by atoms with Crippen molar-refractivity contribution in [3.63, 3.8) is 0 Å². The van der Waals surface area contributed by atoms with Crippen molar-refractivity contribution in [1.29, 1.82) is 0 Å². The summed E-state index contributed by atoms with van der Waals surface area (Å²) < 4.78 is 5.72. The minimum Gasteiger partial charge on any atom is -0.481 e. The molecule has 0 saturated carbocycles. The van der Waals surface area contributed by atoms with E-state index in [-0.39, 0.29) is 5.91 Å². The number of ether oxygens (including phenoxy) is 1. The Bertz CT molecular complexity index is 418. The Kier molecular flexibility index (Phi) is 6.68. The van der Waals surface area contributed by atoms with Gasteiger partial charge in [0.15, 0.2) is 6.10 Å². The van der Waals surface area contributed by atoms with Gasteiger partial charge in [0.05, 0.1) is 0 Å². The zero-order valence-electron chi connectivity index (χ0n) is 11.6. The van der Waals surface area contributed by atoms with Gasteiger partial charge in [-0.2, -0.15) is 0 Å². The van der Waals surface area contributed by atoms with Gasteiger partial charge < -0.3 is 15.4 Å². The van der Waals surface area contributed by atoms with Gasteiger partial charge in [-0.1, -0.05) is 31.2 Å². The Morgan fingerprint density at radius 1 is 1.47 bits per heavy atom. The number of benzene rings is 1. The third kappa shape index (κ3) is 5.14. The molecule has 0 aliphatic heterocycles. The highest BCUT2D eigenvalue weighted by atomic mass is 16.5. The lowest BCUT2D eigenvalue weighted by Crippen LogP contribution is -2.36. The van der Waals surface area contributed by atoms with E-state index in [4.69, 9.17) is 4.74 Å². The lowest BCUT2D eigenvalue weighted by Gasteiger charge is -2.17. The van der Waals surface area contributed by atoms with Gasteiger partial charge in [0.1, 0.15) is 5.75 Å². The fraction of sp³-hybridized carbons (Fsp3) is 0.400. The monoisotopic (exact) mass is 262 g/mol. The number of amides is 1. The summed E-state index contributed by atoms with van der Waals surface area (Å²) in [6, 6.07) is 7.73. The summed E-state index contributed by atoms with van der Waals surface area (Å²) in [4.78, 5) is 11.7. The molecule has 0 spiro atoms. The van der Waals surface area contributed by atoms with E-state index in [1.165, 1.54) is 0 Å². The maximum atomic E-state index is 11.7. The summed E-state index contributed by atoms with van der Waals surface area (Å²) in [6.07, 6.45) is 1.12. The minimum atomic E-state index is -0.525. The van der Waals surface area contributed by atoms with Gasteiger partial charge in [0, 0.05) is 18.7 Å². The molecule has 0 aromatic heterocycles. The molecule has 0 bridgehead atoms. The van der Waals surface area contributed by atoms with Gasteiger partial charge in [-0.3, -0.25) is 4.79 Å². The second kappa shape index (κ2) is 8.32. The zero-order chi connectivity index (χ0) is 14.1. The first-order valence-electron chi connectivity index (χ1n) is 6.53. The van der Waals surface area contributed by atoms with Crippen LogP contribution in [0.4, 0.5) is 0 Å². The molecule has 1 aromatic rings. The van der Waals surface area contributed by atoms with Crippen LogP contribution in [-0.4, -0.2) is 25.1 Å². The van der Waals surface area contributed by atoms with E-state index in [1.54, 1.807) is 13.0 Å². The quantitative estimate of drug-likeness (QED) is 0.703. The average molecular weight is 262 g/mol. The molecular weight excluding hydrogens is 240 g/mol. The van der Waals surface area contributed by atoms with Crippen LogP contribution in [0.2, 0.25) is 0 Å². The molecule has 0 aliphatic carbocycles. The molecule has 4 nitrogen and oxygen atoms in total. The van der Waals surface area contributed by atoms with E-state index in [9.17, 15) is 4.79 Å². The van der Waals surface area contributed by atoms with Gasteiger partial charge in [-0.05, 0) is 19.5 Å². The molecular formula is C15H22N2O2. The fourth-order valence-corrected chi connectivity index (χ4v) is 1.58. The van der Waals surface area contributed by atoms with Crippen LogP contribution in [0.1, 0.15) is 19.4 Å². The van der Waals surface area contributed by atoms with Crippen molar-refractivity contribution in [2.45, 2.75) is 26.5 Å². The third-order valence-electron chi connectivity index (χ3n) is 2.63. The van der Waals surface area contributed by atoms with Crippen molar-refractivity contribution in [1.82, 2.24) is 10.6 Å². The number of para-hydroxylation sites is 1. The predicted molar refractivity (Wildman–Crippen MR) is 77.1 cm³/mol. The molecule has 2 N–H and O–H groups in total. The van der Waals surface area contributed by atoms with Gasteiger partial charge in [-0.15, -0.1) is 6.58 Å². The van der Waals surface area contributed by atoms with Crippen molar-refractivity contribution in [2.24, 2.45) is 0 Å². The normalized spacial score (nSPS) is 11.7. The Morgan fingerprint density at radius 3 is 2.89 bits per heavy atom. The van der Waals surface area contributed by atoms with Gasteiger partial charge in [0.2, 0.25) is 0 Å². The molecule has 0 fully saturated rings. The van der Waals surface area contributed by atoms with Crippen molar-refractivity contribution in [3.8, 4) is 5.75 Å². The molecule has 0 heterocycles. The summed E-state index contributed by atoms with van der Waals surface area (Å²) >= 11 is 0. The van der Waals surface area contributed by atoms with Crippen LogP contribution in [-0.2, 0) is 11.3 Å². The van der Waals surface area contributed by atoms with Crippen LogP contribution >= 0.6 is 0 Å². The maximum Gasteiger partial charge on any atom is 0.261 e. The van der Waals surface area contributed by atoms with Crippen molar-refractivity contribution in [3.05, 3.63) is 42.5 Å². The molecule has 1 amide bonds. The summed E-state index contributed by atoms with van der Waals surface area (Å²) in [7, 11) is 0. The lowest BCUT2D eigenvalue weighted by atomic mass is 10.2. The van der Waals surface area contributed by atoms with E-state index < -0.39 is 6.10 Å². The Morgan fingerprint density at radius 2 is 2.21 bits per heavy atom. The number of carbonyl (C=O) groups excluding carboxylic acids is 1. The van der Waals surface area contributed by atoms with Crippen LogP contribution in [0.15, 0.2) is 36.9 Å². The highest BCUT2D eigenvalue weighted by molar-refractivity contribution is 5.80. The number of rotatable bonds is 8. The van der Waals surface area contributed by atoms with E-state index in [0.717, 1.165) is 24.4 Å². The van der Waals surface area contributed by atoms with Gasteiger partial charge in [0.25, 0.3) is 5.91 Å². The predicted octanol–water partition coefficient (Wildman–Crippen LogP) is 1.87. The van der Waals surface area contributed by atoms with Crippen LogP contribution in [0, 0.1) is 0 Å². The van der Waals surface area contributed by atoms with E-state index in [1.807, 2.05) is 24.3 Å². The number of nitrogens with one attached hydrogen (secondary N) is 2. The average Bonchev–Trinajstić information content (AvgIpc) is 2.43. The third-order valence-corrected chi connectivity index (χ3v) is 2.63. The highest BCUT2D eigenvalue weighted by Crippen LogP contribution is 2.19. The van der Waals surface area contributed by atoms with Gasteiger partial charge >= 0.3 is 0 Å². The topological polar surface area (TPSA) is 50.4 Å². The van der Waals surface area contributed by atoms with Crippen LogP contribution in [0.3, 0.4) is 0 Å². The second-order valence-corrected chi connectivity index (χ2v) is 4.18. The molecule has 1 unspecified atom stereocenters. The molecule has 104 valence electrons. The lowest BCUT2D eigenvalue weighted by molar-refractivity contribution is -0.127. The van der Waals surface area contributed by atoms with E-state index >= 15 is 0 Å². The fourth-order valence-electron chi connectivity index (χ4n) is 1.58. The maximum absolute atomic E-state index is 11.7. The highest BCUT2D eigenvalue weighted by Gasteiger charge is 2.15. The van der Waals surface area contributed by atoms with Gasteiger partial charge in [-0.25, -0.2) is 0 Å². The van der Waals surface area contributed by atoms with Crippen LogP contribution < -0.4 is 15.4 Å². The summed E-state index contributed by atoms with van der Waals surface area (Å²) in [5, 5.41) is 5.97. The Labute approximate surface area is 114 Å². The van der Waals surface area contributed by atoms with E-state index in [2.05, 4.69) is 24.1 Å². The number of hydrogen-bond acceptors (Lipinski definition) is 3. The van der Waals surface area contributed by atoms with Crippen molar-refractivity contribution >= 4 is 5.91 Å². The summed E-state index contributed by atoms with van der Waals surface area (Å²) in [5.41, 5.74) is 1.05. The molecule has 1 rings (SSSR count). The van der Waals surface area contributed by atoms with Crippen molar-refractivity contribution < 1.29 is 9.53 Å². The first-order chi connectivity index (χ1) is 9.19. The molecule has 0 radical (unpaired) electrons. The summed E-state index contributed by atoms with van der Waals surface area (Å²) in [5.74, 6) is 0.600. The first kappa shape index (κ1) is 15.2. The standard InChI is InChI=1S/C15H22N2O2/c1-4-10-17-15(18)12(3)19-14-9-7-6-8-13(14)11-16-5-2/h4,6-9,12,16H,1,5,10-11H2,2-3H3,(H,17,18). The molecule has 1 atom stereocenters. The zero-order valence-corrected chi connectivity index (χ0v) is 11.6. The first-order valence-corrected chi connectivity index (χ1v) is 6.53. The largest absolute Gasteiger partial charge is 0.481 e. The summed E-state index contributed by atoms with van der Waals surface area (Å²) in [6.45, 7) is 9.42. The number of carbonyl (C=O) groups is 1. The Hall–Kier alpha value is -1.81. The van der Waals surface area contributed by atoms with Crippen molar-refractivity contribution in [2.75, 3.05) is 13.1 Å². The second-order valence-electron chi connectivity index (χ2n) is 4.18. The Balaban J connectivity index is 2.64. The SMILES string of the molecule is C=CCNC(=O)C(C)Oc1ccccc1CNCC.